The van der Waals surface area contributed by atoms with Crippen LogP contribution in [0.3, 0.4) is 0 Å². The van der Waals surface area contributed by atoms with Gasteiger partial charge in [-0.25, -0.2) is 18.0 Å². The average molecular weight is 541 g/mol. The lowest BCUT2D eigenvalue weighted by Crippen LogP contribution is -2.38. The van der Waals surface area contributed by atoms with Crippen molar-refractivity contribution in [2.75, 3.05) is 31.6 Å². The van der Waals surface area contributed by atoms with Crippen LogP contribution in [0.15, 0.2) is 66.7 Å². The third kappa shape index (κ3) is 8.23. The maximum Gasteiger partial charge on any atom is 0.338 e. The molecule has 1 saturated heterocycles. The first-order valence-corrected chi connectivity index (χ1v) is 13.4. The smallest absolute Gasteiger partial charge is 0.338 e. The van der Waals surface area contributed by atoms with Gasteiger partial charge in [-0.2, -0.15) is 0 Å². The minimum absolute atomic E-state index is 0.151. The largest absolute Gasteiger partial charge is 0.494 e. The molecule has 0 radical (unpaired) electrons. The van der Waals surface area contributed by atoms with Crippen molar-refractivity contribution in [3.05, 3.63) is 95.3 Å². The average Bonchev–Trinajstić information content (AvgIpc) is 2.93. The summed E-state index contributed by atoms with van der Waals surface area (Å²) in [6, 6.07) is 16.9. The number of halogens is 3. The fraction of sp³-hybridized carbons (Fsp3) is 0.387. The molecular formula is C31H35F3N2O3. The van der Waals surface area contributed by atoms with Crippen LogP contribution in [0.25, 0.3) is 0 Å². The van der Waals surface area contributed by atoms with E-state index in [-0.39, 0.29) is 29.9 Å². The summed E-state index contributed by atoms with van der Waals surface area (Å²) in [5, 5.41) is 3.36. The molecule has 0 saturated carbocycles. The number of nitrogens with zero attached hydrogens (tertiary/aromatic N) is 1. The molecule has 1 unspecified atom stereocenters. The zero-order valence-electron chi connectivity index (χ0n) is 22.3. The van der Waals surface area contributed by atoms with E-state index in [1.807, 2.05) is 13.8 Å². The van der Waals surface area contributed by atoms with Gasteiger partial charge in [0.25, 0.3) is 0 Å². The maximum absolute atomic E-state index is 13.8. The summed E-state index contributed by atoms with van der Waals surface area (Å²) in [6.45, 7) is 6.88. The summed E-state index contributed by atoms with van der Waals surface area (Å²) >= 11 is 0. The summed E-state index contributed by atoms with van der Waals surface area (Å²) in [7, 11) is 0. The molecule has 0 amide bonds. The Kier molecular flexibility index (Phi) is 9.87. The Balaban J connectivity index is 1.26. The van der Waals surface area contributed by atoms with Crippen molar-refractivity contribution in [1.82, 2.24) is 4.90 Å². The van der Waals surface area contributed by atoms with E-state index in [1.54, 1.807) is 36.4 Å². The Bertz CT molecular complexity index is 1210. The number of carbonyl (C=O) groups is 1. The van der Waals surface area contributed by atoms with E-state index < -0.39 is 11.6 Å². The van der Waals surface area contributed by atoms with Gasteiger partial charge in [0.1, 0.15) is 11.6 Å². The van der Waals surface area contributed by atoms with E-state index in [4.69, 9.17) is 9.47 Å². The van der Waals surface area contributed by atoms with Gasteiger partial charge in [0, 0.05) is 18.3 Å². The lowest BCUT2D eigenvalue weighted by Gasteiger charge is -2.37. The Labute approximate surface area is 227 Å². The maximum atomic E-state index is 13.8. The normalized spacial score (nSPS) is 15.2. The number of ether oxygens (including phenoxy) is 2. The first-order chi connectivity index (χ1) is 18.8. The van der Waals surface area contributed by atoms with Crippen LogP contribution in [0.1, 0.15) is 55.1 Å². The summed E-state index contributed by atoms with van der Waals surface area (Å²) in [5.74, 6) is -1.50. The standard InChI is InChI=1S/C31H35F3N2O3/c1-21(2)39-31(37)24-6-11-27(12-7-24)38-19-3-16-36-17-14-23(15-18-36)30(22-4-8-25(32)9-5-22)35-26-10-13-28(33)29(34)20-26/h4-13,20-21,23,30,35H,3,14-19H2,1-2H3. The summed E-state index contributed by atoms with van der Waals surface area (Å²) < 4.78 is 51.9. The van der Waals surface area contributed by atoms with Crippen molar-refractivity contribution >= 4 is 11.7 Å². The van der Waals surface area contributed by atoms with Gasteiger partial charge in [-0.1, -0.05) is 12.1 Å². The van der Waals surface area contributed by atoms with Crippen molar-refractivity contribution in [2.45, 2.75) is 45.3 Å². The van der Waals surface area contributed by atoms with Gasteiger partial charge in [0.2, 0.25) is 0 Å². The number of piperidine rings is 1. The number of carbonyl (C=O) groups excluding carboxylic acids is 1. The van der Waals surface area contributed by atoms with E-state index in [2.05, 4.69) is 10.2 Å². The topological polar surface area (TPSA) is 50.8 Å². The molecule has 5 nitrogen and oxygen atoms in total. The minimum atomic E-state index is -0.903. The van der Waals surface area contributed by atoms with E-state index >= 15 is 0 Å². The van der Waals surface area contributed by atoms with E-state index in [1.165, 1.54) is 18.2 Å². The van der Waals surface area contributed by atoms with Gasteiger partial charge in [0.15, 0.2) is 11.6 Å². The predicted octanol–water partition coefficient (Wildman–Crippen LogP) is 7.00. The minimum Gasteiger partial charge on any atom is -0.494 e. The molecule has 0 spiro atoms. The second-order valence-electron chi connectivity index (χ2n) is 10.2. The molecule has 1 aliphatic heterocycles. The predicted molar refractivity (Wildman–Crippen MR) is 145 cm³/mol. The number of esters is 1. The highest BCUT2D eigenvalue weighted by atomic mass is 19.2. The van der Waals surface area contributed by atoms with E-state index in [0.29, 0.717) is 23.6 Å². The second-order valence-corrected chi connectivity index (χ2v) is 10.2. The summed E-state index contributed by atoms with van der Waals surface area (Å²) in [6.07, 6.45) is 2.51. The number of rotatable bonds is 11. The van der Waals surface area contributed by atoms with Crippen LogP contribution in [0.2, 0.25) is 0 Å². The van der Waals surface area contributed by atoms with Crippen LogP contribution in [0, 0.1) is 23.4 Å². The lowest BCUT2D eigenvalue weighted by molar-refractivity contribution is 0.0378. The number of hydrogen-bond acceptors (Lipinski definition) is 5. The van der Waals surface area contributed by atoms with Crippen molar-refractivity contribution in [3.8, 4) is 5.75 Å². The number of benzene rings is 3. The molecule has 4 rings (SSSR count). The Morgan fingerprint density at radius 2 is 1.64 bits per heavy atom. The van der Waals surface area contributed by atoms with Crippen LogP contribution in [0.4, 0.5) is 18.9 Å². The number of hydrogen-bond donors (Lipinski definition) is 1. The zero-order chi connectivity index (χ0) is 27.8. The highest BCUT2D eigenvalue weighted by Crippen LogP contribution is 2.34. The van der Waals surface area contributed by atoms with Gasteiger partial charge < -0.3 is 19.7 Å². The van der Waals surface area contributed by atoms with Crippen molar-refractivity contribution in [3.63, 3.8) is 0 Å². The molecule has 1 aliphatic rings. The van der Waals surface area contributed by atoms with Gasteiger partial charge in [-0.15, -0.1) is 0 Å². The van der Waals surface area contributed by atoms with E-state index in [9.17, 15) is 18.0 Å². The van der Waals surface area contributed by atoms with Crippen LogP contribution in [0.5, 0.6) is 5.75 Å². The summed E-state index contributed by atoms with van der Waals surface area (Å²) in [5.41, 5.74) is 1.90. The van der Waals surface area contributed by atoms with E-state index in [0.717, 1.165) is 56.6 Å². The molecule has 1 heterocycles. The highest BCUT2D eigenvalue weighted by Gasteiger charge is 2.28. The quantitative estimate of drug-likeness (QED) is 0.210. The number of anilines is 1. The van der Waals surface area contributed by atoms with Crippen molar-refractivity contribution < 1.29 is 27.4 Å². The molecule has 3 aromatic carbocycles. The second kappa shape index (κ2) is 13.5. The molecule has 39 heavy (non-hydrogen) atoms. The van der Waals surface area contributed by atoms with Gasteiger partial charge in [-0.3, -0.25) is 0 Å². The number of likely N-dealkylation sites (tertiary alicyclic amines) is 1. The zero-order valence-corrected chi connectivity index (χ0v) is 22.3. The van der Waals surface area contributed by atoms with Gasteiger partial charge in [-0.05, 0) is 106 Å². The third-order valence-corrected chi connectivity index (χ3v) is 6.89. The molecule has 1 N–H and O–H groups in total. The lowest BCUT2D eigenvalue weighted by atomic mass is 9.85. The van der Waals surface area contributed by atoms with Crippen molar-refractivity contribution in [2.24, 2.45) is 5.92 Å². The molecule has 8 heteroatoms. The highest BCUT2D eigenvalue weighted by molar-refractivity contribution is 5.89. The molecule has 1 atom stereocenters. The van der Waals surface area contributed by atoms with Crippen LogP contribution >= 0.6 is 0 Å². The molecular weight excluding hydrogens is 505 g/mol. The van der Waals surface area contributed by atoms with Crippen molar-refractivity contribution in [1.29, 1.82) is 0 Å². The van der Waals surface area contributed by atoms with Crippen LogP contribution in [-0.2, 0) is 4.74 Å². The Morgan fingerprint density at radius 1 is 0.949 bits per heavy atom. The Morgan fingerprint density at radius 3 is 2.28 bits per heavy atom. The van der Waals surface area contributed by atoms with Gasteiger partial charge >= 0.3 is 5.97 Å². The molecule has 0 aromatic heterocycles. The number of nitrogens with one attached hydrogen (secondary N) is 1. The third-order valence-electron chi connectivity index (χ3n) is 6.89. The summed E-state index contributed by atoms with van der Waals surface area (Å²) in [4.78, 5) is 14.4. The molecule has 0 aliphatic carbocycles. The first kappa shape index (κ1) is 28.5. The molecule has 208 valence electrons. The fourth-order valence-corrected chi connectivity index (χ4v) is 4.87. The van der Waals surface area contributed by atoms with Crippen LogP contribution < -0.4 is 10.1 Å². The SMILES string of the molecule is CC(C)OC(=O)c1ccc(OCCCN2CCC(C(Nc3ccc(F)c(F)c3)c3ccc(F)cc3)CC2)cc1. The van der Waals surface area contributed by atoms with Crippen LogP contribution in [-0.4, -0.2) is 43.2 Å². The fourth-order valence-electron chi connectivity index (χ4n) is 4.87. The molecule has 0 bridgehead atoms. The Hall–Kier alpha value is -3.52. The monoisotopic (exact) mass is 540 g/mol. The molecule has 1 fully saturated rings. The first-order valence-electron chi connectivity index (χ1n) is 13.4. The van der Waals surface area contributed by atoms with Gasteiger partial charge in [0.05, 0.1) is 24.3 Å². The molecule has 3 aromatic rings.